The summed E-state index contributed by atoms with van der Waals surface area (Å²) in [5, 5.41) is 12.2. The molecule has 0 fully saturated rings. The van der Waals surface area contributed by atoms with Gasteiger partial charge in [-0.3, -0.25) is 4.79 Å². The number of nitrogens with one attached hydrogen (secondary N) is 1. The molecule has 0 bridgehead atoms. The molecule has 3 aromatic rings. The smallest absolute Gasteiger partial charge is 0.271 e. The van der Waals surface area contributed by atoms with Gasteiger partial charge in [-0.25, -0.2) is 0 Å². The highest BCUT2D eigenvalue weighted by Crippen LogP contribution is 2.29. The quantitative estimate of drug-likeness (QED) is 0.775. The number of nitrogens with zero attached hydrogens (tertiary/aromatic N) is 2. The fourth-order valence-corrected chi connectivity index (χ4v) is 2.52. The second kappa shape index (κ2) is 6.04. The van der Waals surface area contributed by atoms with Crippen molar-refractivity contribution in [2.24, 2.45) is 5.73 Å². The van der Waals surface area contributed by atoms with Crippen molar-refractivity contribution in [2.75, 3.05) is 5.32 Å². The molecule has 0 aliphatic heterocycles. The van der Waals surface area contributed by atoms with Crippen LogP contribution in [0.25, 0.3) is 22.0 Å². The minimum Gasteiger partial charge on any atom is -0.380 e. The Labute approximate surface area is 134 Å². The van der Waals surface area contributed by atoms with Gasteiger partial charge in [-0.2, -0.15) is 0 Å². The van der Waals surface area contributed by atoms with Gasteiger partial charge < -0.3 is 11.1 Å². The maximum Gasteiger partial charge on any atom is 0.271 e. The molecule has 2 aromatic carbocycles. The van der Waals surface area contributed by atoms with E-state index in [1.165, 1.54) is 0 Å². The number of anilines is 1. The van der Waals surface area contributed by atoms with Crippen molar-refractivity contribution >= 4 is 22.5 Å². The van der Waals surface area contributed by atoms with Crippen molar-refractivity contribution < 1.29 is 4.79 Å². The molecule has 1 heterocycles. The van der Waals surface area contributed by atoms with E-state index < -0.39 is 5.91 Å². The fraction of sp³-hybridized carbons (Fsp3) is 0.167. The van der Waals surface area contributed by atoms with Crippen molar-refractivity contribution in [2.45, 2.75) is 19.9 Å². The number of aromatic nitrogens is 2. The first-order valence-corrected chi connectivity index (χ1v) is 7.48. The minimum absolute atomic E-state index is 0.140. The van der Waals surface area contributed by atoms with Gasteiger partial charge in [0.15, 0.2) is 5.69 Å². The molecule has 0 saturated heterocycles. The Balaban J connectivity index is 2.25. The molecule has 3 N–H and O–H groups in total. The lowest BCUT2D eigenvalue weighted by Crippen LogP contribution is -2.20. The first kappa shape index (κ1) is 15.0. The molecule has 0 spiro atoms. The van der Waals surface area contributed by atoms with E-state index in [-0.39, 0.29) is 11.7 Å². The number of hydrogen-bond donors (Lipinski definition) is 2. The van der Waals surface area contributed by atoms with Crippen molar-refractivity contribution in [3.63, 3.8) is 0 Å². The molecular weight excluding hydrogens is 288 g/mol. The largest absolute Gasteiger partial charge is 0.380 e. The van der Waals surface area contributed by atoms with Crippen LogP contribution in [0.2, 0.25) is 0 Å². The molecule has 1 amide bonds. The number of benzene rings is 2. The van der Waals surface area contributed by atoms with E-state index in [9.17, 15) is 4.79 Å². The van der Waals surface area contributed by atoms with Gasteiger partial charge >= 0.3 is 0 Å². The van der Waals surface area contributed by atoms with Gasteiger partial charge in [-0.1, -0.05) is 36.4 Å². The van der Waals surface area contributed by atoms with Gasteiger partial charge in [-0.15, -0.1) is 10.2 Å². The first-order chi connectivity index (χ1) is 11.1. The summed E-state index contributed by atoms with van der Waals surface area (Å²) in [7, 11) is 0. The Hall–Kier alpha value is -2.95. The predicted molar refractivity (Wildman–Crippen MR) is 92.3 cm³/mol. The van der Waals surface area contributed by atoms with Crippen molar-refractivity contribution in [1.82, 2.24) is 10.2 Å². The van der Waals surface area contributed by atoms with E-state index in [4.69, 9.17) is 5.73 Å². The maximum atomic E-state index is 11.7. The lowest BCUT2D eigenvalue weighted by molar-refractivity contribution is 0.0995. The van der Waals surface area contributed by atoms with Crippen LogP contribution in [0.3, 0.4) is 0 Å². The Morgan fingerprint density at radius 3 is 2.43 bits per heavy atom. The highest BCUT2D eigenvalue weighted by molar-refractivity contribution is 6.05. The minimum atomic E-state index is -0.590. The van der Waals surface area contributed by atoms with Gasteiger partial charge in [0, 0.05) is 11.4 Å². The van der Waals surface area contributed by atoms with Crippen LogP contribution < -0.4 is 11.1 Å². The van der Waals surface area contributed by atoms with Crippen LogP contribution >= 0.6 is 0 Å². The SMILES string of the molecule is CC(C)Nc1c(C(N)=O)nnc2ccc(-c3ccccc3)cc12. The molecular formula is C18H18N4O. The summed E-state index contributed by atoms with van der Waals surface area (Å²) in [5.41, 5.74) is 9.12. The number of amides is 1. The number of carbonyl (C=O) groups is 1. The first-order valence-electron chi connectivity index (χ1n) is 7.48. The average Bonchev–Trinajstić information content (AvgIpc) is 2.55. The number of primary amides is 1. The monoisotopic (exact) mass is 306 g/mol. The molecule has 5 heteroatoms. The van der Waals surface area contributed by atoms with Crippen LogP contribution in [0.1, 0.15) is 24.3 Å². The number of hydrogen-bond acceptors (Lipinski definition) is 4. The second-order valence-corrected chi connectivity index (χ2v) is 5.68. The number of rotatable bonds is 4. The third-order valence-electron chi connectivity index (χ3n) is 3.53. The Bertz CT molecular complexity index is 860. The van der Waals surface area contributed by atoms with Crippen molar-refractivity contribution in [3.8, 4) is 11.1 Å². The van der Waals surface area contributed by atoms with Crippen LogP contribution in [0.4, 0.5) is 5.69 Å². The third-order valence-corrected chi connectivity index (χ3v) is 3.53. The van der Waals surface area contributed by atoms with E-state index in [2.05, 4.69) is 15.5 Å². The lowest BCUT2D eigenvalue weighted by atomic mass is 10.0. The molecule has 3 rings (SSSR count). The van der Waals surface area contributed by atoms with E-state index in [1.807, 2.05) is 62.4 Å². The highest BCUT2D eigenvalue weighted by atomic mass is 16.1. The van der Waals surface area contributed by atoms with Gasteiger partial charge in [-0.05, 0) is 37.1 Å². The Morgan fingerprint density at radius 1 is 1.04 bits per heavy atom. The number of nitrogens with two attached hydrogens (primary N) is 1. The van der Waals surface area contributed by atoms with Crippen LogP contribution in [0.5, 0.6) is 0 Å². The molecule has 0 aliphatic carbocycles. The molecule has 0 saturated carbocycles. The normalized spacial score (nSPS) is 10.9. The van der Waals surface area contributed by atoms with Crippen LogP contribution in [-0.2, 0) is 0 Å². The van der Waals surface area contributed by atoms with Gasteiger partial charge in [0.1, 0.15) is 0 Å². The van der Waals surface area contributed by atoms with Crippen molar-refractivity contribution in [1.29, 1.82) is 0 Å². The zero-order chi connectivity index (χ0) is 16.4. The summed E-state index contributed by atoms with van der Waals surface area (Å²) in [6.45, 7) is 4.00. The molecule has 0 radical (unpaired) electrons. The predicted octanol–water partition coefficient (Wildman–Crippen LogP) is 3.22. The third kappa shape index (κ3) is 2.99. The molecule has 0 atom stereocenters. The number of fused-ring (bicyclic) bond motifs is 1. The van der Waals surface area contributed by atoms with Gasteiger partial charge in [0.25, 0.3) is 5.91 Å². The van der Waals surface area contributed by atoms with Crippen LogP contribution in [0.15, 0.2) is 48.5 Å². The van der Waals surface area contributed by atoms with E-state index in [1.54, 1.807) is 0 Å². The van der Waals surface area contributed by atoms with Gasteiger partial charge in [0.05, 0.1) is 11.2 Å². The Morgan fingerprint density at radius 2 is 1.78 bits per heavy atom. The molecule has 0 unspecified atom stereocenters. The number of carbonyl (C=O) groups excluding carboxylic acids is 1. The lowest BCUT2D eigenvalue weighted by Gasteiger charge is -2.15. The van der Waals surface area contributed by atoms with Crippen molar-refractivity contribution in [3.05, 3.63) is 54.2 Å². The topological polar surface area (TPSA) is 80.9 Å². The summed E-state index contributed by atoms with van der Waals surface area (Å²) in [4.78, 5) is 11.7. The summed E-state index contributed by atoms with van der Waals surface area (Å²) in [5.74, 6) is -0.590. The molecule has 23 heavy (non-hydrogen) atoms. The van der Waals surface area contributed by atoms with E-state index >= 15 is 0 Å². The zero-order valence-corrected chi connectivity index (χ0v) is 13.1. The maximum absolute atomic E-state index is 11.7. The van der Waals surface area contributed by atoms with Crippen LogP contribution in [0, 0.1) is 0 Å². The standard InChI is InChI=1S/C18H18N4O/c1-11(2)20-16-14-10-13(12-6-4-3-5-7-12)8-9-15(14)21-22-17(16)18(19)23/h3-11H,1-2H3,(H2,19,23)(H,20,21). The van der Waals surface area contributed by atoms with E-state index in [0.29, 0.717) is 5.69 Å². The van der Waals surface area contributed by atoms with E-state index in [0.717, 1.165) is 22.0 Å². The van der Waals surface area contributed by atoms with Gasteiger partial charge in [0.2, 0.25) is 0 Å². The molecule has 116 valence electrons. The second-order valence-electron chi connectivity index (χ2n) is 5.68. The highest BCUT2D eigenvalue weighted by Gasteiger charge is 2.16. The van der Waals surface area contributed by atoms with Crippen LogP contribution in [-0.4, -0.2) is 22.1 Å². The summed E-state index contributed by atoms with van der Waals surface area (Å²) in [6, 6.07) is 16.1. The summed E-state index contributed by atoms with van der Waals surface area (Å²) >= 11 is 0. The summed E-state index contributed by atoms with van der Waals surface area (Å²) in [6.07, 6.45) is 0. The Kier molecular flexibility index (Phi) is 3.93. The zero-order valence-electron chi connectivity index (χ0n) is 13.1. The average molecular weight is 306 g/mol. The molecule has 1 aromatic heterocycles. The molecule has 5 nitrogen and oxygen atoms in total. The molecule has 0 aliphatic rings. The fourth-order valence-electron chi connectivity index (χ4n) is 2.52. The summed E-state index contributed by atoms with van der Waals surface area (Å²) < 4.78 is 0.